The van der Waals surface area contributed by atoms with Crippen LogP contribution < -0.4 is 11.2 Å². The third kappa shape index (κ3) is 4.35. The van der Waals surface area contributed by atoms with Crippen LogP contribution in [0.4, 0.5) is 5.69 Å². The molecule has 0 N–H and O–H groups in total. The Balaban J connectivity index is 1.17. The number of fused-ring (bicyclic) bond motifs is 6. The first kappa shape index (κ1) is 27.8. The van der Waals surface area contributed by atoms with Gasteiger partial charge in [-0.05, 0) is 62.8 Å². The fraction of sp³-hybridized carbons (Fsp3) is 0.324. The molecule has 2 aliphatic heterocycles. The third-order valence-electron chi connectivity index (χ3n) is 9.42. The maximum absolute atomic E-state index is 13.5. The Hall–Kier alpha value is -4.99. The minimum atomic E-state index is -0.649. The number of pyridine rings is 1. The van der Waals surface area contributed by atoms with Crippen LogP contribution in [0.5, 0.6) is 0 Å². The van der Waals surface area contributed by atoms with Gasteiger partial charge in [0.1, 0.15) is 16.9 Å². The number of aromatic nitrogens is 1. The Kier molecular flexibility index (Phi) is 6.53. The van der Waals surface area contributed by atoms with E-state index >= 15 is 0 Å². The van der Waals surface area contributed by atoms with Crippen molar-refractivity contribution in [2.45, 2.75) is 52.5 Å². The van der Waals surface area contributed by atoms with E-state index in [1.807, 2.05) is 57.2 Å². The molecule has 1 amide bonds. The molecule has 1 fully saturated rings. The van der Waals surface area contributed by atoms with Crippen LogP contribution in [0.25, 0.3) is 33.1 Å². The lowest BCUT2D eigenvalue weighted by molar-refractivity contribution is -0.386. The molecule has 5 heterocycles. The Labute approximate surface area is 251 Å². The average Bonchev–Trinajstić information content (AvgIpc) is 3.34. The number of piperidine rings is 1. The molecule has 44 heavy (non-hydrogen) atoms. The summed E-state index contributed by atoms with van der Waals surface area (Å²) >= 11 is 0. The Morgan fingerprint density at radius 3 is 2.45 bits per heavy atom. The monoisotopic (exact) mass is 593 g/mol. The average molecular weight is 594 g/mol. The number of amides is 1. The minimum absolute atomic E-state index is 0.0278. The number of furan rings is 1. The Bertz CT molecular complexity index is 2120. The van der Waals surface area contributed by atoms with Gasteiger partial charge in [-0.25, -0.2) is 4.79 Å². The first-order valence-electron chi connectivity index (χ1n) is 14.8. The van der Waals surface area contributed by atoms with Crippen molar-refractivity contribution in [3.05, 3.63) is 108 Å². The van der Waals surface area contributed by atoms with Gasteiger partial charge in [-0.2, -0.15) is 0 Å². The molecular formula is C34H31N3O7. The van der Waals surface area contributed by atoms with Crippen molar-refractivity contribution in [3.63, 3.8) is 0 Å². The summed E-state index contributed by atoms with van der Waals surface area (Å²) in [4.78, 5) is 51.8. The number of benzene rings is 2. The van der Waals surface area contributed by atoms with Crippen LogP contribution in [-0.4, -0.2) is 33.4 Å². The van der Waals surface area contributed by atoms with Crippen molar-refractivity contribution in [2.75, 3.05) is 13.1 Å². The molecule has 0 radical (unpaired) electrons. The zero-order valence-corrected chi connectivity index (χ0v) is 24.7. The number of carbonyl (C=O) groups excluding carboxylic acids is 1. The summed E-state index contributed by atoms with van der Waals surface area (Å²) in [6.07, 6.45) is 1.20. The molecule has 2 atom stereocenters. The molecule has 1 saturated heterocycles. The number of hydrogen-bond donors (Lipinski definition) is 0. The molecule has 5 aromatic rings. The van der Waals surface area contributed by atoms with Crippen LogP contribution in [0.1, 0.15) is 46.9 Å². The van der Waals surface area contributed by atoms with Crippen molar-refractivity contribution < 1.29 is 18.6 Å². The SMILES string of the molecule is Cc1oc2c(C)c3oc(=O)c(CCC(=O)N4C[C@H]5C[C@@H](C4)c4ccc([N+](=O)[O-])c(=O)n4C5)c(C)c3cc2c1-c1ccccc1. The highest BCUT2D eigenvalue weighted by Crippen LogP contribution is 2.40. The van der Waals surface area contributed by atoms with E-state index in [1.165, 1.54) is 10.6 Å². The second-order valence-electron chi connectivity index (χ2n) is 12.1. The topological polar surface area (TPSA) is 129 Å². The van der Waals surface area contributed by atoms with Gasteiger partial charge in [0.15, 0.2) is 0 Å². The van der Waals surface area contributed by atoms with Gasteiger partial charge in [0, 0.05) is 71.2 Å². The van der Waals surface area contributed by atoms with Crippen molar-refractivity contribution in [3.8, 4) is 11.1 Å². The minimum Gasteiger partial charge on any atom is -0.460 e. The molecule has 0 spiro atoms. The van der Waals surface area contributed by atoms with Crippen LogP contribution in [-0.2, 0) is 17.8 Å². The summed E-state index contributed by atoms with van der Waals surface area (Å²) in [6.45, 7) is 6.97. The maximum Gasteiger partial charge on any atom is 0.339 e. The number of aryl methyl sites for hydroxylation is 3. The number of rotatable bonds is 5. The van der Waals surface area contributed by atoms with Gasteiger partial charge in [-0.1, -0.05) is 30.3 Å². The highest BCUT2D eigenvalue weighted by atomic mass is 16.6. The van der Waals surface area contributed by atoms with E-state index in [1.54, 1.807) is 11.0 Å². The standard InChI is InChI=1S/C34H31N3O7/c1-18-24(9-12-29(38)35-15-21-13-23(17-35)27-10-11-28(37(41)42)33(39)36(27)16-21)34(40)44-31-19(2)32-26(14-25(18)31)30(20(3)43-32)22-7-5-4-6-8-22/h4-8,10-11,14,21,23H,9,12-13,15-17H2,1-3H3/t21-,23+/m1/s1. The van der Waals surface area contributed by atoms with E-state index in [4.69, 9.17) is 8.83 Å². The number of nitro groups is 1. The molecular weight excluding hydrogens is 562 g/mol. The van der Waals surface area contributed by atoms with Gasteiger partial charge in [0.05, 0.1) is 4.92 Å². The molecule has 0 aliphatic carbocycles. The smallest absolute Gasteiger partial charge is 0.339 e. The molecule has 7 rings (SSSR count). The predicted molar refractivity (Wildman–Crippen MR) is 165 cm³/mol. The van der Waals surface area contributed by atoms with Crippen molar-refractivity contribution in [2.24, 2.45) is 5.92 Å². The summed E-state index contributed by atoms with van der Waals surface area (Å²) < 4.78 is 13.5. The fourth-order valence-corrected chi connectivity index (χ4v) is 7.29. The lowest BCUT2D eigenvalue weighted by Crippen LogP contribution is -2.49. The Morgan fingerprint density at radius 2 is 1.70 bits per heavy atom. The van der Waals surface area contributed by atoms with Gasteiger partial charge in [-0.15, -0.1) is 0 Å². The molecule has 2 aliphatic rings. The van der Waals surface area contributed by atoms with E-state index in [2.05, 4.69) is 0 Å². The van der Waals surface area contributed by atoms with Crippen LogP contribution in [0.15, 0.2) is 67.0 Å². The summed E-state index contributed by atoms with van der Waals surface area (Å²) in [5, 5.41) is 13.0. The lowest BCUT2D eigenvalue weighted by atomic mass is 9.83. The third-order valence-corrected chi connectivity index (χ3v) is 9.42. The first-order chi connectivity index (χ1) is 21.1. The number of likely N-dealkylation sites (tertiary alicyclic amines) is 1. The zero-order chi connectivity index (χ0) is 30.9. The highest BCUT2D eigenvalue weighted by Gasteiger charge is 2.37. The van der Waals surface area contributed by atoms with Crippen LogP contribution in [0.2, 0.25) is 0 Å². The van der Waals surface area contributed by atoms with Gasteiger partial charge >= 0.3 is 16.9 Å². The molecule has 2 bridgehead atoms. The number of carbonyl (C=O) groups is 1. The van der Waals surface area contributed by atoms with Gasteiger partial charge in [-0.3, -0.25) is 19.7 Å². The molecule has 3 aromatic heterocycles. The van der Waals surface area contributed by atoms with Crippen molar-refractivity contribution in [1.82, 2.24) is 9.47 Å². The first-order valence-corrected chi connectivity index (χ1v) is 14.8. The van der Waals surface area contributed by atoms with E-state index in [0.717, 1.165) is 50.9 Å². The lowest BCUT2D eigenvalue weighted by Gasteiger charge is -2.42. The van der Waals surface area contributed by atoms with Crippen LogP contribution >= 0.6 is 0 Å². The fourth-order valence-electron chi connectivity index (χ4n) is 7.29. The van der Waals surface area contributed by atoms with Crippen LogP contribution in [0, 0.1) is 36.8 Å². The molecule has 2 aromatic carbocycles. The van der Waals surface area contributed by atoms with E-state index in [-0.39, 0.29) is 30.6 Å². The van der Waals surface area contributed by atoms with Gasteiger partial charge in [0.2, 0.25) is 5.91 Å². The van der Waals surface area contributed by atoms with Gasteiger partial charge < -0.3 is 18.3 Å². The second-order valence-corrected chi connectivity index (χ2v) is 12.1. The normalized spacial score (nSPS) is 17.7. The number of nitrogens with zero attached hydrogens (tertiary/aromatic N) is 3. The van der Waals surface area contributed by atoms with E-state index < -0.39 is 21.8 Å². The van der Waals surface area contributed by atoms with Crippen LogP contribution in [0.3, 0.4) is 0 Å². The van der Waals surface area contributed by atoms with Crippen molar-refractivity contribution in [1.29, 1.82) is 0 Å². The summed E-state index contributed by atoms with van der Waals surface area (Å²) in [7, 11) is 0. The maximum atomic E-state index is 13.5. The Morgan fingerprint density at radius 1 is 0.955 bits per heavy atom. The summed E-state index contributed by atoms with van der Waals surface area (Å²) in [5.41, 5.74) is 4.50. The zero-order valence-electron chi connectivity index (χ0n) is 24.7. The molecule has 10 heteroatoms. The van der Waals surface area contributed by atoms with Crippen molar-refractivity contribution >= 4 is 33.5 Å². The van der Waals surface area contributed by atoms with E-state index in [0.29, 0.717) is 36.4 Å². The predicted octanol–water partition coefficient (Wildman–Crippen LogP) is 5.78. The molecule has 10 nitrogen and oxygen atoms in total. The number of hydrogen-bond acceptors (Lipinski definition) is 7. The molecule has 0 saturated carbocycles. The largest absolute Gasteiger partial charge is 0.460 e. The van der Waals surface area contributed by atoms with Gasteiger partial charge in [0.25, 0.3) is 0 Å². The highest BCUT2D eigenvalue weighted by molar-refractivity contribution is 6.05. The summed E-state index contributed by atoms with van der Waals surface area (Å²) in [5.74, 6) is 0.669. The second kappa shape index (κ2) is 10.3. The van der Waals surface area contributed by atoms with E-state index in [9.17, 15) is 24.5 Å². The molecule has 0 unspecified atom stereocenters. The quantitative estimate of drug-likeness (QED) is 0.144. The summed E-state index contributed by atoms with van der Waals surface area (Å²) in [6, 6.07) is 15.0. The molecule has 224 valence electrons.